The van der Waals surface area contributed by atoms with Crippen molar-refractivity contribution >= 4 is 16.0 Å². The second kappa shape index (κ2) is 5.42. The normalized spacial score (nSPS) is 18.4. The number of aryl methyl sites for hydroxylation is 2. The summed E-state index contributed by atoms with van der Waals surface area (Å²) >= 11 is 0. The van der Waals surface area contributed by atoms with Gasteiger partial charge in [-0.1, -0.05) is 6.92 Å². The minimum atomic E-state index is -3.95. The first-order valence-electron chi connectivity index (χ1n) is 7.02. The first kappa shape index (κ1) is 16.0. The maximum atomic E-state index is 12.4. The molecule has 0 amide bonds. The topological polar surface area (TPSA) is 101 Å². The van der Waals surface area contributed by atoms with Crippen LogP contribution in [-0.2, 0) is 21.4 Å². The molecule has 1 heterocycles. The van der Waals surface area contributed by atoms with E-state index in [-0.39, 0.29) is 10.9 Å². The summed E-state index contributed by atoms with van der Waals surface area (Å²) in [6.07, 6.45) is 3.75. The van der Waals surface area contributed by atoms with Crippen molar-refractivity contribution in [1.29, 1.82) is 0 Å². The fourth-order valence-electron chi connectivity index (χ4n) is 2.37. The van der Waals surface area contributed by atoms with Crippen molar-refractivity contribution < 1.29 is 18.3 Å². The standard InChI is InChI=1S/C13H21N3O4S/c1-4-7-16-8-11(14-9(16)2)21(19,20)15-13(3,12(17)18)10-5-6-10/h8,10,15H,4-7H2,1-3H3,(H,17,18). The number of aliphatic carboxylic acids is 1. The van der Waals surface area contributed by atoms with E-state index in [2.05, 4.69) is 9.71 Å². The molecule has 8 heteroatoms. The molecule has 1 fully saturated rings. The summed E-state index contributed by atoms with van der Waals surface area (Å²) in [4.78, 5) is 15.5. The molecule has 0 aromatic carbocycles. The number of imidazole rings is 1. The molecule has 2 rings (SSSR count). The molecule has 1 aliphatic rings. The number of carboxylic acids is 1. The smallest absolute Gasteiger partial charge is 0.324 e. The van der Waals surface area contributed by atoms with Gasteiger partial charge in [0, 0.05) is 12.7 Å². The Bertz CT molecular complexity index is 648. The number of aromatic nitrogens is 2. The number of carboxylic acid groups (broad SMARTS) is 1. The van der Waals surface area contributed by atoms with Gasteiger partial charge in [-0.15, -0.1) is 0 Å². The van der Waals surface area contributed by atoms with Crippen LogP contribution in [0.15, 0.2) is 11.2 Å². The monoisotopic (exact) mass is 315 g/mol. The Kier molecular flexibility index (Phi) is 4.12. The molecular formula is C13H21N3O4S. The highest BCUT2D eigenvalue weighted by atomic mass is 32.2. The molecule has 0 spiro atoms. The Morgan fingerprint density at radius 3 is 2.67 bits per heavy atom. The van der Waals surface area contributed by atoms with Crippen LogP contribution in [0.1, 0.15) is 38.9 Å². The predicted molar refractivity (Wildman–Crippen MR) is 76.3 cm³/mol. The maximum Gasteiger partial charge on any atom is 0.324 e. The van der Waals surface area contributed by atoms with Gasteiger partial charge in [-0.05, 0) is 39.0 Å². The third-order valence-electron chi connectivity index (χ3n) is 3.88. The number of carbonyl (C=O) groups is 1. The third kappa shape index (κ3) is 3.11. The number of hydrogen-bond acceptors (Lipinski definition) is 4. The maximum absolute atomic E-state index is 12.4. The van der Waals surface area contributed by atoms with Gasteiger partial charge < -0.3 is 9.67 Å². The van der Waals surface area contributed by atoms with E-state index in [9.17, 15) is 18.3 Å². The molecule has 1 aromatic heterocycles. The molecule has 1 aromatic rings. The van der Waals surface area contributed by atoms with E-state index in [0.29, 0.717) is 25.2 Å². The van der Waals surface area contributed by atoms with Crippen LogP contribution in [0.25, 0.3) is 0 Å². The molecule has 21 heavy (non-hydrogen) atoms. The average Bonchev–Trinajstić information content (AvgIpc) is 3.15. The van der Waals surface area contributed by atoms with Crippen LogP contribution >= 0.6 is 0 Å². The van der Waals surface area contributed by atoms with Gasteiger partial charge in [0.15, 0.2) is 5.03 Å². The van der Waals surface area contributed by atoms with E-state index in [1.54, 1.807) is 11.5 Å². The lowest BCUT2D eigenvalue weighted by atomic mass is 9.98. The molecule has 7 nitrogen and oxygen atoms in total. The van der Waals surface area contributed by atoms with E-state index in [0.717, 1.165) is 6.42 Å². The van der Waals surface area contributed by atoms with Crippen LogP contribution < -0.4 is 4.72 Å². The fourth-order valence-corrected chi connectivity index (χ4v) is 3.80. The lowest BCUT2D eigenvalue weighted by Gasteiger charge is -2.25. The Morgan fingerprint density at radius 2 is 2.19 bits per heavy atom. The van der Waals surface area contributed by atoms with Crippen molar-refractivity contribution in [3.05, 3.63) is 12.0 Å². The molecule has 1 aliphatic carbocycles. The summed E-state index contributed by atoms with van der Waals surface area (Å²) in [6.45, 7) is 5.81. The van der Waals surface area contributed by atoms with Gasteiger partial charge in [-0.25, -0.2) is 13.4 Å². The van der Waals surface area contributed by atoms with Gasteiger partial charge in [-0.3, -0.25) is 4.79 Å². The summed E-state index contributed by atoms with van der Waals surface area (Å²) in [5.41, 5.74) is -1.47. The van der Waals surface area contributed by atoms with Crippen LogP contribution in [0.2, 0.25) is 0 Å². The minimum absolute atomic E-state index is 0.124. The second-order valence-corrected chi connectivity index (χ2v) is 7.34. The Balaban J connectivity index is 2.29. The summed E-state index contributed by atoms with van der Waals surface area (Å²) in [7, 11) is -3.95. The Hall–Kier alpha value is -1.41. The lowest BCUT2D eigenvalue weighted by molar-refractivity contribution is -0.144. The first-order valence-corrected chi connectivity index (χ1v) is 8.50. The van der Waals surface area contributed by atoms with Crippen molar-refractivity contribution in [2.45, 2.75) is 57.1 Å². The molecule has 0 bridgehead atoms. The van der Waals surface area contributed by atoms with Gasteiger partial charge in [0.25, 0.3) is 10.0 Å². The van der Waals surface area contributed by atoms with Gasteiger partial charge in [0.1, 0.15) is 11.4 Å². The van der Waals surface area contributed by atoms with Crippen molar-refractivity contribution in [3.8, 4) is 0 Å². The number of nitrogens with one attached hydrogen (secondary N) is 1. The molecule has 1 atom stereocenters. The number of sulfonamides is 1. The van der Waals surface area contributed by atoms with Crippen molar-refractivity contribution in [1.82, 2.24) is 14.3 Å². The van der Waals surface area contributed by atoms with Gasteiger partial charge in [-0.2, -0.15) is 4.72 Å². The van der Waals surface area contributed by atoms with Crippen LogP contribution in [0, 0.1) is 12.8 Å². The third-order valence-corrected chi connectivity index (χ3v) is 5.32. The van der Waals surface area contributed by atoms with Crippen molar-refractivity contribution in [2.75, 3.05) is 0 Å². The summed E-state index contributed by atoms with van der Waals surface area (Å²) in [5, 5.41) is 9.22. The molecule has 1 unspecified atom stereocenters. The fraction of sp³-hybridized carbons (Fsp3) is 0.692. The van der Waals surface area contributed by atoms with E-state index >= 15 is 0 Å². The molecule has 0 saturated heterocycles. The average molecular weight is 315 g/mol. The first-order chi connectivity index (χ1) is 9.70. The summed E-state index contributed by atoms with van der Waals surface area (Å²) < 4.78 is 28.9. The summed E-state index contributed by atoms with van der Waals surface area (Å²) in [5.74, 6) is -0.720. The Labute approximate surface area is 124 Å². The number of hydrogen-bond donors (Lipinski definition) is 2. The molecular weight excluding hydrogens is 294 g/mol. The van der Waals surface area contributed by atoms with E-state index in [1.807, 2.05) is 6.92 Å². The van der Waals surface area contributed by atoms with Gasteiger partial charge in [0.2, 0.25) is 0 Å². The highest BCUT2D eigenvalue weighted by Gasteiger charge is 2.50. The number of rotatable bonds is 7. The van der Waals surface area contributed by atoms with Crippen LogP contribution in [-0.4, -0.2) is 34.6 Å². The second-order valence-electron chi connectivity index (χ2n) is 5.71. The van der Waals surface area contributed by atoms with Crippen LogP contribution in [0.5, 0.6) is 0 Å². The van der Waals surface area contributed by atoms with E-state index in [1.165, 1.54) is 13.1 Å². The van der Waals surface area contributed by atoms with Gasteiger partial charge in [0.05, 0.1) is 0 Å². The molecule has 118 valence electrons. The van der Waals surface area contributed by atoms with E-state index < -0.39 is 21.5 Å². The SMILES string of the molecule is CCCn1cc(S(=O)(=O)NC(C)(C(=O)O)C2CC2)nc1C. The Morgan fingerprint density at radius 1 is 1.57 bits per heavy atom. The molecule has 1 saturated carbocycles. The quantitative estimate of drug-likeness (QED) is 0.785. The molecule has 0 aliphatic heterocycles. The predicted octanol–water partition coefficient (Wildman–Crippen LogP) is 1.13. The largest absolute Gasteiger partial charge is 0.480 e. The van der Waals surface area contributed by atoms with Gasteiger partial charge >= 0.3 is 5.97 Å². The zero-order valence-corrected chi connectivity index (χ0v) is 13.3. The van der Waals surface area contributed by atoms with Crippen molar-refractivity contribution in [2.24, 2.45) is 5.92 Å². The van der Waals surface area contributed by atoms with Crippen LogP contribution in [0.4, 0.5) is 0 Å². The number of nitrogens with zero attached hydrogens (tertiary/aromatic N) is 2. The minimum Gasteiger partial charge on any atom is -0.480 e. The zero-order valence-electron chi connectivity index (χ0n) is 12.5. The van der Waals surface area contributed by atoms with E-state index in [4.69, 9.17) is 0 Å². The molecule has 2 N–H and O–H groups in total. The lowest BCUT2D eigenvalue weighted by Crippen LogP contribution is -2.53. The molecule has 0 radical (unpaired) electrons. The van der Waals surface area contributed by atoms with Crippen molar-refractivity contribution in [3.63, 3.8) is 0 Å². The van der Waals surface area contributed by atoms with Crippen LogP contribution in [0.3, 0.4) is 0 Å². The zero-order chi connectivity index (χ0) is 15.8. The highest BCUT2D eigenvalue weighted by molar-refractivity contribution is 7.89. The summed E-state index contributed by atoms with van der Waals surface area (Å²) in [6, 6.07) is 0. The highest BCUT2D eigenvalue weighted by Crippen LogP contribution is 2.40.